The minimum absolute atomic E-state index is 0.0693. The highest BCUT2D eigenvalue weighted by molar-refractivity contribution is 6.30. The number of halogens is 1. The van der Waals surface area contributed by atoms with Crippen LogP contribution < -0.4 is 14.2 Å². The highest BCUT2D eigenvalue weighted by Gasteiger charge is 2.29. The number of nitrogens with zero attached hydrogens (tertiary/aromatic N) is 2. The van der Waals surface area contributed by atoms with Gasteiger partial charge in [0.25, 0.3) is 11.8 Å². The van der Waals surface area contributed by atoms with Gasteiger partial charge in [-0.25, -0.2) is 0 Å². The summed E-state index contributed by atoms with van der Waals surface area (Å²) in [6.07, 6.45) is -0.287. The number of rotatable bonds is 8. The van der Waals surface area contributed by atoms with E-state index in [4.69, 9.17) is 30.5 Å². The lowest BCUT2D eigenvalue weighted by Gasteiger charge is -2.36. The molecule has 34 heavy (non-hydrogen) atoms. The predicted octanol–water partition coefficient (Wildman–Crippen LogP) is 3.47. The van der Waals surface area contributed by atoms with E-state index in [1.807, 2.05) is 0 Å². The molecule has 9 heteroatoms. The Labute approximate surface area is 204 Å². The van der Waals surface area contributed by atoms with Gasteiger partial charge in [0.2, 0.25) is 6.79 Å². The molecule has 0 spiro atoms. The molecule has 0 saturated carbocycles. The van der Waals surface area contributed by atoms with E-state index < -0.39 is 0 Å². The average Bonchev–Trinajstić information content (AvgIpc) is 3.30. The van der Waals surface area contributed by atoms with Crippen LogP contribution in [0.15, 0.2) is 42.5 Å². The number of carbonyl (C=O) groups excluding carboxylic acids is 2. The van der Waals surface area contributed by atoms with E-state index in [0.717, 1.165) is 0 Å². The zero-order valence-corrected chi connectivity index (χ0v) is 20.1. The first-order chi connectivity index (χ1) is 16.4. The van der Waals surface area contributed by atoms with Crippen molar-refractivity contribution in [3.05, 3.63) is 53.1 Å². The third-order valence-corrected chi connectivity index (χ3v) is 5.84. The summed E-state index contributed by atoms with van der Waals surface area (Å²) in [5, 5.41) is 0.607. The number of hydrogen-bond donors (Lipinski definition) is 0. The average molecular weight is 489 g/mol. The van der Waals surface area contributed by atoms with Crippen molar-refractivity contribution in [3.63, 3.8) is 0 Å². The van der Waals surface area contributed by atoms with Gasteiger partial charge in [-0.15, -0.1) is 0 Å². The number of benzene rings is 2. The first-order valence-electron chi connectivity index (χ1n) is 11.4. The summed E-state index contributed by atoms with van der Waals surface area (Å²) in [5.41, 5.74) is 0.532. The molecule has 1 atom stereocenters. The molecule has 0 aromatic heterocycles. The Balaban J connectivity index is 1.36. The number of fused-ring (bicyclic) bond motifs is 1. The van der Waals surface area contributed by atoms with Gasteiger partial charge in [0.05, 0.1) is 12.7 Å². The molecule has 2 aromatic rings. The van der Waals surface area contributed by atoms with E-state index in [9.17, 15) is 9.59 Å². The van der Waals surface area contributed by atoms with Crippen LogP contribution in [0.3, 0.4) is 0 Å². The molecule has 0 radical (unpaired) electrons. The summed E-state index contributed by atoms with van der Waals surface area (Å²) >= 11 is 5.89. The van der Waals surface area contributed by atoms with Crippen molar-refractivity contribution in [3.8, 4) is 17.2 Å². The maximum Gasteiger partial charge on any atom is 0.260 e. The van der Waals surface area contributed by atoms with E-state index in [-0.39, 0.29) is 37.2 Å². The fourth-order valence-electron chi connectivity index (χ4n) is 3.96. The minimum Gasteiger partial charge on any atom is -0.484 e. The molecule has 2 heterocycles. The van der Waals surface area contributed by atoms with Crippen molar-refractivity contribution in [2.45, 2.75) is 20.0 Å². The summed E-state index contributed by atoms with van der Waals surface area (Å²) in [6, 6.07) is 12.1. The van der Waals surface area contributed by atoms with Gasteiger partial charge >= 0.3 is 0 Å². The largest absolute Gasteiger partial charge is 0.484 e. The van der Waals surface area contributed by atoms with E-state index in [2.05, 4.69) is 13.8 Å². The topological polar surface area (TPSA) is 77.5 Å². The molecule has 4 rings (SSSR count). The Morgan fingerprint density at radius 1 is 1.15 bits per heavy atom. The Morgan fingerprint density at radius 3 is 2.68 bits per heavy atom. The fraction of sp³-hybridized carbons (Fsp3) is 0.440. The van der Waals surface area contributed by atoms with Crippen LogP contribution in [0.5, 0.6) is 17.2 Å². The van der Waals surface area contributed by atoms with Crippen molar-refractivity contribution >= 4 is 23.4 Å². The normalized spacial score (nSPS) is 17.1. The summed E-state index contributed by atoms with van der Waals surface area (Å²) < 4.78 is 22.3. The lowest BCUT2D eigenvalue weighted by molar-refractivity contribution is -0.141. The molecular formula is C25H29ClN2O6. The van der Waals surface area contributed by atoms with Crippen molar-refractivity contribution in [2.24, 2.45) is 5.92 Å². The second-order valence-corrected chi connectivity index (χ2v) is 9.18. The summed E-state index contributed by atoms with van der Waals surface area (Å²) in [6.45, 7) is 6.45. The SMILES string of the molecule is CC(C)CN(CC1CN(C(=O)COc2ccc(Cl)cc2)CCO1)C(=O)c1ccc2c(c1)OCO2. The van der Waals surface area contributed by atoms with E-state index in [1.165, 1.54) is 0 Å². The monoisotopic (exact) mass is 488 g/mol. The second kappa shape index (κ2) is 11.0. The van der Waals surface area contributed by atoms with Gasteiger partial charge < -0.3 is 28.7 Å². The van der Waals surface area contributed by atoms with Gasteiger partial charge in [0, 0.05) is 36.8 Å². The maximum absolute atomic E-state index is 13.3. The first-order valence-corrected chi connectivity index (χ1v) is 11.7. The third-order valence-electron chi connectivity index (χ3n) is 5.58. The molecule has 0 bridgehead atoms. The lowest BCUT2D eigenvalue weighted by atomic mass is 10.1. The van der Waals surface area contributed by atoms with Crippen LogP contribution in [0.25, 0.3) is 0 Å². The number of ether oxygens (including phenoxy) is 4. The van der Waals surface area contributed by atoms with Crippen LogP contribution >= 0.6 is 11.6 Å². The molecule has 2 aromatic carbocycles. The Hall–Kier alpha value is -2.97. The molecule has 2 aliphatic heterocycles. The highest BCUT2D eigenvalue weighted by Crippen LogP contribution is 2.33. The van der Waals surface area contributed by atoms with Crippen LogP contribution in [0.2, 0.25) is 5.02 Å². The Morgan fingerprint density at radius 2 is 1.91 bits per heavy atom. The molecule has 2 amide bonds. The molecule has 2 aliphatic rings. The van der Waals surface area contributed by atoms with E-state index in [0.29, 0.717) is 60.6 Å². The maximum atomic E-state index is 13.3. The van der Waals surface area contributed by atoms with Crippen LogP contribution in [-0.4, -0.2) is 73.9 Å². The molecule has 0 aliphatic carbocycles. The van der Waals surface area contributed by atoms with Gasteiger partial charge in [0.15, 0.2) is 18.1 Å². The highest BCUT2D eigenvalue weighted by atomic mass is 35.5. The zero-order valence-electron chi connectivity index (χ0n) is 19.4. The van der Waals surface area contributed by atoms with Gasteiger partial charge in [-0.05, 0) is 48.4 Å². The first kappa shape index (κ1) is 24.2. The Kier molecular flexibility index (Phi) is 7.80. The molecule has 1 unspecified atom stereocenters. The number of morpholine rings is 1. The summed E-state index contributed by atoms with van der Waals surface area (Å²) in [4.78, 5) is 29.5. The molecule has 182 valence electrons. The van der Waals surface area contributed by atoms with Crippen LogP contribution in [0.1, 0.15) is 24.2 Å². The number of amides is 2. The molecule has 1 saturated heterocycles. The molecular weight excluding hydrogens is 460 g/mol. The number of hydrogen-bond acceptors (Lipinski definition) is 6. The van der Waals surface area contributed by atoms with Crippen molar-refractivity contribution < 1.29 is 28.5 Å². The Bertz CT molecular complexity index is 1010. The molecule has 8 nitrogen and oxygen atoms in total. The predicted molar refractivity (Wildman–Crippen MR) is 127 cm³/mol. The van der Waals surface area contributed by atoms with Crippen molar-refractivity contribution in [1.82, 2.24) is 9.80 Å². The van der Waals surface area contributed by atoms with Gasteiger partial charge in [-0.1, -0.05) is 25.4 Å². The van der Waals surface area contributed by atoms with Crippen LogP contribution in [0.4, 0.5) is 0 Å². The second-order valence-electron chi connectivity index (χ2n) is 8.75. The smallest absolute Gasteiger partial charge is 0.260 e. The van der Waals surface area contributed by atoms with Crippen LogP contribution in [0, 0.1) is 5.92 Å². The summed E-state index contributed by atoms with van der Waals surface area (Å²) in [5.74, 6) is 1.83. The van der Waals surface area contributed by atoms with Gasteiger partial charge in [0.1, 0.15) is 5.75 Å². The van der Waals surface area contributed by atoms with E-state index in [1.54, 1.807) is 52.3 Å². The zero-order chi connectivity index (χ0) is 24.1. The molecule has 1 fully saturated rings. The van der Waals surface area contributed by atoms with Gasteiger partial charge in [-0.3, -0.25) is 9.59 Å². The number of carbonyl (C=O) groups is 2. The lowest BCUT2D eigenvalue weighted by Crippen LogP contribution is -2.52. The fourth-order valence-corrected chi connectivity index (χ4v) is 4.09. The van der Waals surface area contributed by atoms with Crippen LogP contribution in [-0.2, 0) is 9.53 Å². The standard InChI is InChI=1S/C25H29ClN2O6/c1-17(2)12-28(25(30)18-3-8-22-23(11-18)34-16-33-22)14-21-13-27(9-10-31-21)24(29)15-32-20-6-4-19(26)5-7-20/h3-8,11,17,21H,9-10,12-16H2,1-2H3. The van der Waals surface area contributed by atoms with Gasteiger partial charge in [-0.2, -0.15) is 0 Å². The van der Waals surface area contributed by atoms with E-state index >= 15 is 0 Å². The molecule has 0 N–H and O–H groups in total. The minimum atomic E-state index is -0.287. The van der Waals surface area contributed by atoms with Crippen molar-refractivity contribution in [1.29, 1.82) is 0 Å². The van der Waals surface area contributed by atoms with Crippen molar-refractivity contribution in [2.75, 3.05) is 46.2 Å². The summed E-state index contributed by atoms with van der Waals surface area (Å²) in [7, 11) is 0. The third kappa shape index (κ3) is 6.12. The quantitative estimate of drug-likeness (QED) is 0.566.